The standard InChI is InChI=1S/C14H19N3O4/c1-3-5-14(13(18)19)6-4-7-16(14)12-11(17(20)21)8-10(2)9-15-12/h8-9H,3-7H2,1-2H3,(H,18,19). The Morgan fingerprint density at radius 1 is 1.62 bits per heavy atom. The van der Waals surface area contributed by atoms with Gasteiger partial charge >= 0.3 is 11.7 Å². The Morgan fingerprint density at radius 2 is 2.33 bits per heavy atom. The van der Waals surface area contributed by atoms with Gasteiger partial charge in [-0.05, 0) is 31.7 Å². The van der Waals surface area contributed by atoms with Crippen molar-refractivity contribution in [1.82, 2.24) is 4.98 Å². The third-order valence-electron chi connectivity index (χ3n) is 3.99. The minimum absolute atomic E-state index is 0.126. The van der Waals surface area contributed by atoms with E-state index in [0.29, 0.717) is 37.8 Å². The molecule has 1 aliphatic rings. The van der Waals surface area contributed by atoms with Crippen LogP contribution in [0.5, 0.6) is 0 Å². The highest BCUT2D eigenvalue weighted by molar-refractivity contribution is 5.85. The minimum Gasteiger partial charge on any atom is -0.479 e. The van der Waals surface area contributed by atoms with Crippen molar-refractivity contribution in [3.8, 4) is 0 Å². The fourth-order valence-corrected chi connectivity index (χ4v) is 3.08. The summed E-state index contributed by atoms with van der Waals surface area (Å²) in [6, 6.07) is 1.44. The Labute approximate surface area is 122 Å². The maximum Gasteiger partial charge on any atom is 0.329 e. The molecule has 0 amide bonds. The van der Waals surface area contributed by atoms with Gasteiger partial charge < -0.3 is 10.0 Å². The molecule has 1 N–H and O–H groups in total. The average molecular weight is 293 g/mol. The summed E-state index contributed by atoms with van der Waals surface area (Å²) in [7, 11) is 0. The summed E-state index contributed by atoms with van der Waals surface area (Å²) in [5.74, 6) is -0.766. The molecule has 1 atom stereocenters. The monoisotopic (exact) mass is 293 g/mol. The van der Waals surface area contributed by atoms with Crippen molar-refractivity contribution in [3.05, 3.63) is 27.9 Å². The van der Waals surface area contributed by atoms with E-state index in [4.69, 9.17) is 0 Å². The second-order valence-corrected chi connectivity index (χ2v) is 5.45. The van der Waals surface area contributed by atoms with E-state index in [2.05, 4.69) is 4.98 Å². The quantitative estimate of drug-likeness (QED) is 0.662. The largest absolute Gasteiger partial charge is 0.479 e. The van der Waals surface area contributed by atoms with Gasteiger partial charge in [-0.3, -0.25) is 10.1 Å². The first-order valence-electron chi connectivity index (χ1n) is 7.04. The first-order valence-corrected chi connectivity index (χ1v) is 7.04. The average Bonchev–Trinajstić information content (AvgIpc) is 2.84. The highest BCUT2D eigenvalue weighted by Gasteiger charge is 2.49. The summed E-state index contributed by atoms with van der Waals surface area (Å²) >= 11 is 0. The number of hydrogen-bond acceptors (Lipinski definition) is 5. The molecule has 0 spiro atoms. The molecule has 1 aromatic heterocycles. The molecule has 0 bridgehead atoms. The third kappa shape index (κ3) is 2.55. The number of carbonyl (C=O) groups is 1. The van der Waals surface area contributed by atoms with Gasteiger partial charge in [-0.25, -0.2) is 9.78 Å². The van der Waals surface area contributed by atoms with E-state index in [-0.39, 0.29) is 11.5 Å². The maximum absolute atomic E-state index is 11.8. The number of rotatable bonds is 5. The van der Waals surface area contributed by atoms with Gasteiger partial charge in [-0.2, -0.15) is 0 Å². The van der Waals surface area contributed by atoms with Crippen LogP contribution in [0, 0.1) is 17.0 Å². The van der Waals surface area contributed by atoms with E-state index < -0.39 is 16.4 Å². The summed E-state index contributed by atoms with van der Waals surface area (Å²) in [6.45, 7) is 4.12. The van der Waals surface area contributed by atoms with E-state index in [1.165, 1.54) is 6.07 Å². The van der Waals surface area contributed by atoms with Crippen molar-refractivity contribution < 1.29 is 14.8 Å². The van der Waals surface area contributed by atoms with Gasteiger partial charge in [0.1, 0.15) is 5.54 Å². The number of nitro groups is 1. The van der Waals surface area contributed by atoms with Crippen LogP contribution >= 0.6 is 0 Å². The lowest BCUT2D eigenvalue weighted by Gasteiger charge is -2.35. The molecular formula is C14H19N3O4. The fourth-order valence-electron chi connectivity index (χ4n) is 3.08. The number of pyridine rings is 1. The summed E-state index contributed by atoms with van der Waals surface area (Å²) in [4.78, 5) is 28.3. The van der Waals surface area contributed by atoms with Crippen LogP contribution in [0.3, 0.4) is 0 Å². The van der Waals surface area contributed by atoms with Crippen LogP contribution in [0.15, 0.2) is 12.3 Å². The van der Waals surface area contributed by atoms with E-state index in [1.54, 1.807) is 18.0 Å². The molecule has 1 aliphatic heterocycles. The molecule has 0 saturated carbocycles. The maximum atomic E-state index is 11.8. The van der Waals surface area contributed by atoms with E-state index in [9.17, 15) is 20.0 Å². The van der Waals surface area contributed by atoms with Gasteiger partial charge in [0.25, 0.3) is 0 Å². The summed E-state index contributed by atoms with van der Waals surface area (Å²) in [5.41, 5.74) is -0.526. The molecule has 2 rings (SSSR count). The van der Waals surface area contributed by atoms with Crippen LogP contribution in [-0.2, 0) is 4.79 Å². The summed E-state index contributed by atoms with van der Waals surface area (Å²) in [5, 5.41) is 20.9. The van der Waals surface area contributed by atoms with Gasteiger partial charge in [0.2, 0.25) is 5.82 Å². The van der Waals surface area contributed by atoms with E-state index in [1.807, 2.05) is 6.92 Å². The predicted molar refractivity (Wildman–Crippen MR) is 77.5 cm³/mol. The topological polar surface area (TPSA) is 96.6 Å². The van der Waals surface area contributed by atoms with Gasteiger partial charge in [0.05, 0.1) is 4.92 Å². The molecule has 21 heavy (non-hydrogen) atoms. The third-order valence-corrected chi connectivity index (χ3v) is 3.99. The highest BCUT2D eigenvalue weighted by Crippen LogP contribution is 2.40. The Morgan fingerprint density at radius 3 is 2.90 bits per heavy atom. The molecule has 7 nitrogen and oxygen atoms in total. The molecule has 114 valence electrons. The van der Waals surface area contributed by atoms with Crippen LogP contribution in [0.4, 0.5) is 11.5 Å². The molecule has 7 heteroatoms. The number of anilines is 1. The van der Waals surface area contributed by atoms with E-state index >= 15 is 0 Å². The zero-order valence-corrected chi connectivity index (χ0v) is 12.2. The molecule has 2 heterocycles. The number of hydrogen-bond donors (Lipinski definition) is 1. The molecular weight excluding hydrogens is 274 g/mol. The molecule has 1 unspecified atom stereocenters. The number of aryl methyl sites for hydroxylation is 1. The van der Waals surface area contributed by atoms with Crippen molar-refractivity contribution in [1.29, 1.82) is 0 Å². The Balaban J connectivity index is 2.54. The van der Waals surface area contributed by atoms with Crippen LogP contribution < -0.4 is 4.90 Å². The molecule has 0 radical (unpaired) electrons. The lowest BCUT2D eigenvalue weighted by Crippen LogP contribution is -2.51. The van der Waals surface area contributed by atoms with Crippen molar-refractivity contribution in [2.24, 2.45) is 0 Å². The van der Waals surface area contributed by atoms with Crippen LogP contribution in [0.1, 0.15) is 38.2 Å². The minimum atomic E-state index is -1.08. The second-order valence-electron chi connectivity index (χ2n) is 5.45. The molecule has 0 aliphatic carbocycles. The van der Waals surface area contributed by atoms with Gasteiger partial charge in [0, 0.05) is 18.8 Å². The Bertz CT molecular complexity index is 575. The zero-order valence-electron chi connectivity index (χ0n) is 12.2. The highest BCUT2D eigenvalue weighted by atomic mass is 16.6. The van der Waals surface area contributed by atoms with Crippen molar-refractivity contribution in [3.63, 3.8) is 0 Å². The number of aliphatic carboxylic acids is 1. The number of carboxylic acids is 1. The summed E-state index contributed by atoms with van der Waals surface area (Å²) < 4.78 is 0. The number of aromatic nitrogens is 1. The van der Waals surface area contributed by atoms with Crippen molar-refractivity contribution in [2.75, 3.05) is 11.4 Å². The Hall–Kier alpha value is -2.18. The molecule has 1 fully saturated rings. The molecule has 0 aromatic carbocycles. The predicted octanol–water partition coefficient (Wildman–Crippen LogP) is 2.52. The lowest BCUT2D eigenvalue weighted by atomic mass is 9.90. The normalized spacial score (nSPS) is 21.5. The number of carboxylic acid groups (broad SMARTS) is 1. The smallest absolute Gasteiger partial charge is 0.329 e. The number of nitrogens with zero attached hydrogens (tertiary/aromatic N) is 3. The fraction of sp³-hybridized carbons (Fsp3) is 0.571. The SMILES string of the molecule is CCCC1(C(=O)O)CCCN1c1ncc(C)cc1[N+](=O)[O-]. The van der Waals surface area contributed by atoms with Crippen molar-refractivity contribution >= 4 is 17.5 Å². The van der Waals surface area contributed by atoms with Gasteiger partial charge in [-0.15, -0.1) is 0 Å². The first-order chi connectivity index (χ1) is 9.92. The zero-order chi connectivity index (χ0) is 15.6. The van der Waals surface area contributed by atoms with Crippen molar-refractivity contribution in [2.45, 2.75) is 45.1 Å². The van der Waals surface area contributed by atoms with Crippen LogP contribution in [0.25, 0.3) is 0 Å². The summed E-state index contributed by atoms with van der Waals surface area (Å²) in [6.07, 6.45) is 3.87. The molecule has 1 aromatic rings. The lowest BCUT2D eigenvalue weighted by molar-refractivity contribution is -0.384. The van der Waals surface area contributed by atoms with Crippen LogP contribution in [-0.4, -0.2) is 33.1 Å². The Kier molecular flexibility index (Phi) is 4.11. The van der Waals surface area contributed by atoms with Gasteiger partial charge in [-0.1, -0.05) is 13.3 Å². The van der Waals surface area contributed by atoms with Crippen LogP contribution in [0.2, 0.25) is 0 Å². The second kappa shape index (κ2) is 5.67. The van der Waals surface area contributed by atoms with E-state index in [0.717, 1.165) is 0 Å². The first kappa shape index (κ1) is 15.2. The van der Waals surface area contributed by atoms with Gasteiger partial charge in [0.15, 0.2) is 0 Å². The molecule has 1 saturated heterocycles.